The van der Waals surface area contributed by atoms with Gasteiger partial charge >= 0.3 is 0 Å². The van der Waals surface area contributed by atoms with Crippen LogP contribution in [-0.2, 0) is 0 Å². The Labute approximate surface area is 75.6 Å². The van der Waals surface area contributed by atoms with Crippen molar-refractivity contribution in [1.29, 1.82) is 0 Å². The van der Waals surface area contributed by atoms with E-state index in [4.69, 9.17) is 10.2 Å². The SMILES string of the molecule is CCC(CC)CC(C)(CO)CO. The van der Waals surface area contributed by atoms with E-state index in [9.17, 15) is 0 Å². The molecule has 0 saturated carbocycles. The molecule has 0 bridgehead atoms. The lowest BCUT2D eigenvalue weighted by Crippen LogP contribution is -2.28. The molecule has 0 atom stereocenters. The van der Waals surface area contributed by atoms with Crippen molar-refractivity contribution >= 4 is 0 Å². The Kier molecular flexibility index (Phi) is 5.51. The first-order chi connectivity index (χ1) is 5.61. The Morgan fingerprint density at radius 2 is 1.50 bits per heavy atom. The Balaban J connectivity index is 3.99. The van der Waals surface area contributed by atoms with Crippen LogP contribution >= 0.6 is 0 Å². The average Bonchev–Trinajstić information content (AvgIpc) is 2.14. The minimum Gasteiger partial charge on any atom is -0.396 e. The predicted molar refractivity (Wildman–Crippen MR) is 51.0 cm³/mol. The average molecular weight is 174 g/mol. The van der Waals surface area contributed by atoms with Crippen molar-refractivity contribution in [2.24, 2.45) is 11.3 Å². The molecule has 0 rings (SSSR count). The zero-order valence-electron chi connectivity index (χ0n) is 8.51. The van der Waals surface area contributed by atoms with Crippen LogP contribution in [0.5, 0.6) is 0 Å². The summed E-state index contributed by atoms with van der Waals surface area (Å²) >= 11 is 0. The van der Waals surface area contributed by atoms with Gasteiger partial charge in [-0.3, -0.25) is 0 Å². The van der Waals surface area contributed by atoms with Crippen LogP contribution in [0.1, 0.15) is 40.0 Å². The molecule has 0 unspecified atom stereocenters. The van der Waals surface area contributed by atoms with Gasteiger partial charge < -0.3 is 10.2 Å². The molecule has 0 radical (unpaired) electrons. The van der Waals surface area contributed by atoms with Gasteiger partial charge in [0.2, 0.25) is 0 Å². The molecule has 0 heterocycles. The molecule has 12 heavy (non-hydrogen) atoms. The van der Waals surface area contributed by atoms with Crippen molar-refractivity contribution in [3.05, 3.63) is 0 Å². The van der Waals surface area contributed by atoms with Gasteiger partial charge in [-0.2, -0.15) is 0 Å². The van der Waals surface area contributed by atoms with Gasteiger partial charge in [0, 0.05) is 5.41 Å². The van der Waals surface area contributed by atoms with Crippen LogP contribution in [0.25, 0.3) is 0 Å². The van der Waals surface area contributed by atoms with Crippen LogP contribution in [0.3, 0.4) is 0 Å². The first kappa shape index (κ1) is 11.9. The Morgan fingerprint density at radius 3 is 1.75 bits per heavy atom. The van der Waals surface area contributed by atoms with Crippen LogP contribution in [0.4, 0.5) is 0 Å². The molecular weight excluding hydrogens is 152 g/mol. The topological polar surface area (TPSA) is 40.5 Å². The smallest absolute Gasteiger partial charge is 0.0506 e. The fourth-order valence-corrected chi connectivity index (χ4v) is 1.45. The summed E-state index contributed by atoms with van der Waals surface area (Å²) in [6.07, 6.45) is 3.19. The van der Waals surface area contributed by atoms with Gasteiger partial charge in [0.1, 0.15) is 0 Å². The highest BCUT2D eigenvalue weighted by atomic mass is 16.3. The largest absolute Gasteiger partial charge is 0.396 e. The van der Waals surface area contributed by atoms with E-state index in [0.717, 1.165) is 19.3 Å². The second-order valence-electron chi connectivity index (χ2n) is 4.01. The van der Waals surface area contributed by atoms with E-state index in [2.05, 4.69) is 13.8 Å². The summed E-state index contributed by atoms with van der Waals surface area (Å²) in [5.41, 5.74) is -0.281. The quantitative estimate of drug-likeness (QED) is 0.644. The number of hydrogen-bond acceptors (Lipinski definition) is 2. The van der Waals surface area contributed by atoms with Gasteiger partial charge in [0.15, 0.2) is 0 Å². The molecule has 0 fully saturated rings. The monoisotopic (exact) mass is 174 g/mol. The lowest BCUT2D eigenvalue weighted by Gasteiger charge is -2.28. The van der Waals surface area contributed by atoms with E-state index in [1.54, 1.807) is 0 Å². The molecule has 2 N–H and O–H groups in total. The normalized spacial score (nSPS) is 12.5. The van der Waals surface area contributed by atoms with E-state index in [-0.39, 0.29) is 18.6 Å². The first-order valence-corrected chi connectivity index (χ1v) is 4.83. The Bertz CT molecular complexity index is 104. The highest BCUT2D eigenvalue weighted by Crippen LogP contribution is 2.28. The van der Waals surface area contributed by atoms with E-state index < -0.39 is 0 Å². The fourth-order valence-electron chi connectivity index (χ4n) is 1.45. The number of hydrogen-bond donors (Lipinski definition) is 2. The van der Waals surface area contributed by atoms with Gasteiger partial charge in [0.05, 0.1) is 13.2 Å². The zero-order valence-corrected chi connectivity index (χ0v) is 8.51. The van der Waals surface area contributed by atoms with Crippen molar-refractivity contribution in [3.63, 3.8) is 0 Å². The minimum atomic E-state index is -0.281. The van der Waals surface area contributed by atoms with Crippen molar-refractivity contribution in [2.75, 3.05) is 13.2 Å². The number of aliphatic hydroxyl groups excluding tert-OH is 2. The standard InChI is InChI=1S/C10H22O2/c1-4-9(5-2)6-10(3,7-11)8-12/h9,11-12H,4-8H2,1-3H3. The maximum Gasteiger partial charge on any atom is 0.0506 e. The minimum absolute atomic E-state index is 0.0833. The van der Waals surface area contributed by atoms with Crippen LogP contribution in [0.2, 0.25) is 0 Å². The molecule has 0 aromatic rings. The number of rotatable bonds is 6. The second-order valence-corrected chi connectivity index (χ2v) is 4.01. The van der Waals surface area contributed by atoms with Crippen LogP contribution < -0.4 is 0 Å². The van der Waals surface area contributed by atoms with E-state index in [0.29, 0.717) is 5.92 Å². The maximum absolute atomic E-state index is 9.07. The lowest BCUT2D eigenvalue weighted by molar-refractivity contribution is 0.0472. The third-order valence-corrected chi connectivity index (χ3v) is 2.70. The summed E-state index contributed by atoms with van der Waals surface area (Å²) in [5.74, 6) is 0.634. The molecule has 2 heteroatoms. The molecule has 0 amide bonds. The molecule has 74 valence electrons. The predicted octanol–water partition coefficient (Wildman–Crippen LogP) is 1.80. The lowest BCUT2D eigenvalue weighted by atomic mass is 9.80. The van der Waals surface area contributed by atoms with E-state index in [1.165, 1.54) is 0 Å². The van der Waals surface area contributed by atoms with Gasteiger partial charge in [-0.05, 0) is 12.3 Å². The Morgan fingerprint density at radius 1 is 1.08 bits per heavy atom. The van der Waals surface area contributed by atoms with Gasteiger partial charge in [0.25, 0.3) is 0 Å². The van der Waals surface area contributed by atoms with Crippen molar-refractivity contribution in [2.45, 2.75) is 40.0 Å². The van der Waals surface area contributed by atoms with E-state index in [1.807, 2.05) is 6.92 Å². The molecule has 0 aliphatic carbocycles. The highest BCUT2D eigenvalue weighted by Gasteiger charge is 2.25. The van der Waals surface area contributed by atoms with Crippen LogP contribution in [0, 0.1) is 11.3 Å². The molecule has 0 aromatic carbocycles. The summed E-state index contributed by atoms with van der Waals surface area (Å²) in [6, 6.07) is 0. The molecular formula is C10H22O2. The summed E-state index contributed by atoms with van der Waals surface area (Å²) in [7, 11) is 0. The molecule has 0 spiro atoms. The zero-order chi connectivity index (χ0) is 9.61. The van der Waals surface area contributed by atoms with Gasteiger partial charge in [-0.15, -0.1) is 0 Å². The summed E-state index contributed by atoms with van der Waals surface area (Å²) in [5, 5.41) is 18.1. The van der Waals surface area contributed by atoms with Gasteiger partial charge in [-0.1, -0.05) is 33.6 Å². The van der Waals surface area contributed by atoms with Crippen LogP contribution in [0.15, 0.2) is 0 Å². The van der Waals surface area contributed by atoms with Crippen molar-refractivity contribution in [3.8, 4) is 0 Å². The van der Waals surface area contributed by atoms with Crippen molar-refractivity contribution in [1.82, 2.24) is 0 Å². The molecule has 0 saturated heterocycles. The molecule has 0 aromatic heterocycles. The van der Waals surface area contributed by atoms with Crippen LogP contribution in [-0.4, -0.2) is 23.4 Å². The molecule has 0 aliphatic rings. The third-order valence-electron chi connectivity index (χ3n) is 2.70. The summed E-state index contributed by atoms with van der Waals surface area (Å²) < 4.78 is 0. The molecule has 0 aliphatic heterocycles. The second kappa shape index (κ2) is 5.55. The third kappa shape index (κ3) is 3.55. The van der Waals surface area contributed by atoms with Crippen molar-refractivity contribution < 1.29 is 10.2 Å². The van der Waals surface area contributed by atoms with Gasteiger partial charge in [-0.25, -0.2) is 0 Å². The summed E-state index contributed by atoms with van der Waals surface area (Å²) in [4.78, 5) is 0. The maximum atomic E-state index is 9.07. The fraction of sp³-hybridized carbons (Fsp3) is 1.00. The number of aliphatic hydroxyl groups is 2. The van der Waals surface area contributed by atoms with E-state index >= 15 is 0 Å². The summed E-state index contributed by atoms with van der Waals surface area (Å²) in [6.45, 7) is 6.41. The highest BCUT2D eigenvalue weighted by molar-refractivity contribution is 4.75. The first-order valence-electron chi connectivity index (χ1n) is 4.83. The molecule has 2 nitrogen and oxygen atoms in total. The Hall–Kier alpha value is -0.0800.